The molecule has 0 bridgehead atoms. The molecule has 0 fully saturated rings. The molecule has 0 unspecified atom stereocenters. The highest BCUT2D eigenvalue weighted by Gasteiger charge is 2.19. The van der Waals surface area contributed by atoms with E-state index in [4.69, 9.17) is 10.00 Å². The maximum Gasteiger partial charge on any atom is 0.209 e. The summed E-state index contributed by atoms with van der Waals surface area (Å²) in [6.07, 6.45) is -0.168. The minimum absolute atomic E-state index is 0.0487. The van der Waals surface area contributed by atoms with E-state index in [1.54, 1.807) is 6.07 Å². The molecular formula is C10H9F2NO2. The van der Waals surface area contributed by atoms with Crippen molar-refractivity contribution in [3.63, 3.8) is 0 Å². The molecule has 0 aliphatic heterocycles. The summed E-state index contributed by atoms with van der Waals surface area (Å²) < 4.78 is 36.1. The van der Waals surface area contributed by atoms with Crippen LogP contribution in [-0.2, 0) is 6.42 Å². The average molecular weight is 213 g/mol. The van der Waals surface area contributed by atoms with Gasteiger partial charge in [-0.25, -0.2) is 4.39 Å². The topological polar surface area (TPSA) is 42.2 Å². The molecule has 1 rings (SSSR count). The van der Waals surface area contributed by atoms with Crippen LogP contribution in [0.25, 0.3) is 0 Å². The highest BCUT2D eigenvalue weighted by atomic mass is 19.1. The summed E-state index contributed by atoms with van der Waals surface area (Å²) >= 11 is 0. The number of ether oxygens (including phenoxy) is 2. The minimum atomic E-state index is -0.904. The molecule has 0 amide bonds. The second-order valence-corrected chi connectivity index (χ2v) is 2.73. The van der Waals surface area contributed by atoms with E-state index in [0.29, 0.717) is 0 Å². The van der Waals surface area contributed by atoms with Crippen molar-refractivity contribution in [1.29, 1.82) is 5.26 Å². The van der Waals surface area contributed by atoms with E-state index in [9.17, 15) is 8.78 Å². The number of methoxy groups -OCH3 is 2. The van der Waals surface area contributed by atoms with E-state index < -0.39 is 17.4 Å². The Morgan fingerprint density at radius 1 is 1.27 bits per heavy atom. The monoisotopic (exact) mass is 213 g/mol. The van der Waals surface area contributed by atoms with E-state index in [1.165, 1.54) is 7.11 Å². The summed E-state index contributed by atoms with van der Waals surface area (Å²) in [6.45, 7) is 0. The number of rotatable bonds is 3. The lowest BCUT2D eigenvalue weighted by molar-refractivity contribution is 0.331. The highest BCUT2D eigenvalue weighted by molar-refractivity contribution is 5.42. The molecule has 0 aromatic heterocycles. The molecule has 1 aromatic rings. The predicted octanol–water partition coefficient (Wildman–Crippen LogP) is 2.05. The van der Waals surface area contributed by atoms with Gasteiger partial charge in [-0.2, -0.15) is 9.65 Å². The quantitative estimate of drug-likeness (QED) is 0.771. The van der Waals surface area contributed by atoms with Gasteiger partial charge in [0.25, 0.3) is 0 Å². The third-order valence-electron chi connectivity index (χ3n) is 1.90. The number of halogens is 2. The Bertz CT molecular complexity index is 413. The summed E-state index contributed by atoms with van der Waals surface area (Å²) in [5.74, 6) is -2.44. The van der Waals surface area contributed by atoms with Crippen molar-refractivity contribution in [3.8, 4) is 17.6 Å². The number of hydrogen-bond donors (Lipinski definition) is 0. The van der Waals surface area contributed by atoms with Gasteiger partial charge in [0.05, 0.1) is 26.7 Å². The molecule has 0 spiro atoms. The third-order valence-corrected chi connectivity index (χ3v) is 1.90. The van der Waals surface area contributed by atoms with Crippen LogP contribution in [0.1, 0.15) is 5.56 Å². The Morgan fingerprint density at radius 2 is 1.93 bits per heavy atom. The summed E-state index contributed by atoms with van der Waals surface area (Å²) in [7, 11) is 2.41. The Balaban J connectivity index is 3.38. The largest absolute Gasteiger partial charge is 0.494 e. The Labute approximate surface area is 85.8 Å². The number of nitriles is 1. The molecule has 80 valence electrons. The van der Waals surface area contributed by atoms with Gasteiger partial charge in [0, 0.05) is 5.56 Å². The van der Waals surface area contributed by atoms with Crippen molar-refractivity contribution in [1.82, 2.24) is 0 Å². The van der Waals surface area contributed by atoms with Crippen molar-refractivity contribution >= 4 is 0 Å². The fraction of sp³-hybridized carbons (Fsp3) is 0.300. The fourth-order valence-electron chi connectivity index (χ4n) is 1.18. The Kier molecular flexibility index (Phi) is 3.45. The number of benzene rings is 1. The van der Waals surface area contributed by atoms with Gasteiger partial charge in [-0.05, 0) is 6.07 Å². The lowest BCUT2D eigenvalue weighted by atomic mass is 10.1. The molecule has 0 aliphatic rings. The molecule has 0 radical (unpaired) electrons. The zero-order valence-electron chi connectivity index (χ0n) is 8.30. The van der Waals surface area contributed by atoms with Gasteiger partial charge < -0.3 is 9.47 Å². The van der Waals surface area contributed by atoms with Crippen LogP contribution in [0.3, 0.4) is 0 Å². The van der Waals surface area contributed by atoms with Crippen LogP contribution in [-0.4, -0.2) is 14.2 Å². The smallest absolute Gasteiger partial charge is 0.209 e. The molecular weight excluding hydrogens is 204 g/mol. The first-order chi connectivity index (χ1) is 7.15. The van der Waals surface area contributed by atoms with Crippen molar-refractivity contribution < 1.29 is 18.3 Å². The lowest BCUT2D eigenvalue weighted by Gasteiger charge is -2.10. The van der Waals surface area contributed by atoms with Crippen LogP contribution in [0.4, 0.5) is 8.78 Å². The first kappa shape index (κ1) is 11.2. The predicted molar refractivity (Wildman–Crippen MR) is 48.8 cm³/mol. The van der Waals surface area contributed by atoms with Gasteiger partial charge >= 0.3 is 0 Å². The summed E-state index contributed by atoms with van der Waals surface area (Å²) in [5.41, 5.74) is 0.0487. The highest BCUT2D eigenvalue weighted by Crippen LogP contribution is 2.32. The maximum atomic E-state index is 13.5. The van der Waals surface area contributed by atoms with Gasteiger partial charge in [0.1, 0.15) is 0 Å². The fourth-order valence-corrected chi connectivity index (χ4v) is 1.18. The molecule has 0 aliphatic carbocycles. The van der Waals surface area contributed by atoms with Gasteiger partial charge in [-0.3, -0.25) is 0 Å². The molecule has 5 heteroatoms. The zero-order valence-corrected chi connectivity index (χ0v) is 8.30. The van der Waals surface area contributed by atoms with E-state index in [1.807, 2.05) is 0 Å². The normalized spacial score (nSPS) is 9.53. The van der Waals surface area contributed by atoms with Gasteiger partial charge in [-0.1, -0.05) is 0 Å². The van der Waals surface area contributed by atoms with Crippen molar-refractivity contribution in [2.24, 2.45) is 0 Å². The van der Waals surface area contributed by atoms with E-state index in [2.05, 4.69) is 4.74 Å². The van der Waals surface area contributed by atoms with Crippen LogP contribution < -0.4 is 9.47 Å². The van der Waals surface area contributed by atoms with Gasteiger partial charge in [-0.15, -0.1) is 0 Å². The SMILES string of the molecule is COc1cc(CC#N)c(F)c(OC)c1F. The van der Waals surface area contributed by atoms with E-state index in [0.717, 1.165) is 13.2 Å². The summed E-state index contributed by atoms with van der Waals surface area (Å²) in [6, 6.07) is 2.92. The average Bonchev–Trinajstić information content (AvgIpc) is 2.23. The Hall–Kier alpha value is -1.83. The molecule has 0 N–H and O–H groups in total. The zero-order chi connectivity index (χ0) is 11.4. The first-order valence-electron chi connectivity index (χ1n) is 4.11. The molecule has 0 heterocycles. The van der Waals surface area contributed by atoms with Crippen LogP contribution >= 0.6 is 0 Å². The summed E-state index contributed by atoms with van der Waals surface area (Å²) in [5, 5.41) is 8.45. The van der Waals surface area contributed by atoms with Crippen molar-refractivity contribution in [2.75, 3.05) is 14.2 Å². The molecule has 0 atom stereocenters. The second-order valence-electron chi connectivity index (χ2n) is 2.73. The molecule has 3 nitrogen and oxygen atoms in total. The molecule has 0 saturated heterocycles. The van der Waals surface area contributed by atoms with E-state index in [-0.39, 0.29) is 17.7 Å². The minimum Gasteiger partial charge on any atom is -0.494 e. The number of hydrogen-bond acceptors (Lipinski definition) is 3. The van der Waals surface area contributed by atoms with Gasteiger partial charge in [0.2, 0.25) is 5.82 Å². The molecule has 0 saturated carbocycles. The van der Waals surface area contributed by atoms with Crippen LogP contribution in [0, 0.1) is 23.0 Å². The lowest BCUT2D eigenvalue weighted by Crippen LogP contribution is -2.01. The first-order valence-corrected chi connectivity index (χ1v) is 4.11. The van der Waals surface area contributed by atoms with Crippen molar-refractivity contribution in [2.45, 2.75) is 6.42 Å². The Morgan fingerprint density at radius 3 is 2.40 bits per heavy atom. The van der Waals surface area contributed by atoms with Crippen molar-refractivity contribution in [3.05, 3.63) is 23.3 Å². The standard InChI is InChI=1S/C10H9F2NO2/c1-14-7-5-6(3-4-13)8(11)10(15-2)9(7)12/h5H,3H2,1-2H3. The third kappa shape index (κ3) is 1.99. The van der Waals surface area contributed by atoms with E-state index >= 15 is 0 Å². The second kappa shape index (κ2) is 4.60. The number of nitrogens with zero attached hydrogens (tertiary/aromatic N) is 1. The summed E-state index contributed by atoms with van der Waals surface area (Å²) in [4.78, 5) is 0. The van der Waals surface area contributed by atoms with Gasteiger partial charge in [0.15, 0.2) is 17.3 Å². The van der Waals surface area contributed by atoms with Crippen LogP contribution in [0.5, 0.6) is 11.5 Å². The molecule has 1 aromatic carbocycles. The van der Waals surface area contributed by atoms with Crippen LogP contribution in [0.2, 0.25) is 0 Å². The maximum absolute atomic E-state index is 13.5. The molecule has 15 heavy (non-hydrogen) atoms. The van der Waals surface area contributed by atoms with Crippen LogP contribution in [0.15, 0.2) is 6.07 Å².